The summed E-state index contributed by atoms with van der Waals surface area (Å²) >= 11 is 0. The van der Waals surface area contributed by atoms with E-state index >= 15 is 0 Å². The van der Waals surface area contributed by atoms with Crippen LogP contribution in [0, 0.1) is 0 Å². The van der Waals surface area contributed by atoms with Crippen LogP contribution >= 0.6 is 0 Å². The molecule has 5 rings (SSSR count). The summed E-state index contributed by atoms with van der Waals surface area (Å²) in [6, 6.07) is 10.9. The van der Waals surface area contributed by atoms with Crippen LogP contribution in [0.5, 0.6) is 5.75 Å². The number of anilines is 1. The fourth-order valence-corrected chi connectivity index (χ4v) is 4.50. The van der Waals surface area contributed by atoms with Gasteiger partial charge in [-0.15, -0.1) is 0 Å². The van der Waals surface area contributed by atoms with Gasteiger partial charge in [0.15, 0.2) is 0 Å². The molecule has 0 unspecified atom stereocenters. The minimum Gasteiger partial charge on any atom is -0.492 e. The van der Waals surface area contributed by atoms with E-state index in [0.717, 1.165) is 68.3 Å². The molecule has 0 radical (unpaired) electrons. The van der Waals surface area contributed by atoms with E-state index in [9.17, 15) is 0 Å². The smallest absolute Gasteiger partial charge is 0.142 e. The molecule has 1 fully saturated rings. The van der Waals surface area contributed by atoms with Crippen LogP contribution in [0.1, 0.15) is 36.7 Å². The Labute approximate surface area is 171 Å². The Bertz CT molecular complexity index is 994. The van der Waals surface area contributed by atoms with Crippen LogP contribution in [0.4, 0.5) is 5.82 Å². The first-order chi connectivity index (χ1) is 14.2. The third-order valence-corrected chi connectivity index (χ3v) is 6.09. The molecule has 1 atom stereocenters. The SMILES string of the molecule is CN(Cc1cn2c(N3CCC(N)CC3)cccc2n1)[C@H]1CCOc2cccnc21. The number of pyridine rings is 2. The number of fused-ring (bicyclic) bond motifs is 2. The van der Waals surface area contributed by atoms with Crippen molar-refractivity contribution in [1.29, 1.82) is 0 Å². The van der Waals surface area contributed by atoms with Gasteiger partial charge in [-0.1, -0.05) is 6.07 Å². The van der Waals surface area contributed by atoms with Gasteiger partial charge >= 0.3 is 0 Å². The van der Waals surface area contributed by atoms with Crippen LogP contribution in [0.3, 0.4) is 0 Å². The molecular weight excluding hydrogens is 364 g/mol. The maximum absolute atomic E-state index is 6.09. The number of nitrogens with zero attached hydrogens (tertiary/aromatic N) is 5. The lowest BCUT2D eigenvalue weighted by atomic mass is 10.1. The predicted molar refractivity (Wildman–Crippen MR) is 113 cm³/mol. The van der Waals surface area contributed by atoms with Crippen molar-refractivity contribution in [3.05, 3.63) is 54.1 Å². The summed E-state index contributed by atoms with van der Waals surface area (Å²) in [5, 5.41) is 0. The summed E-state index contributed by atoms with van der Waals surface area (Å²) in [4.78, 5) is 14.2. The lowest BCUT2D eigenvalue weighted by molar-refractivity contribution is 0.155. The molecule has 7 heteroatoms. The lowest BCUT2D eigenvalue weighted by Gasteiger charge is -2.32. The highest BCUT2D eigenvalue weighted by Gasteiger charge is 2.27. The molecule has 1 saturated heterocycles. The number of imidazole rings is 1. The van der Waals surface area contributed by atoms with Gasteiger partial charge in [0.2, 0.25) is 0 Å². The standard InChI is InChI=1S/C22H28N6O/c1-26(18-9-13-29-19-4-3-10-24-22(18)19)14-17-15-28-20(25-17)5-2-6-21(28)27-11-7-16(23)8-12-27/h2-6,10,15-16,18H,7-9,11-14,23H2,1H3/t18-/m0/s1. The van der Waals surface area contributed by atoms with E-state index in [1.165, 1.54) is 5.82 Å². The zero-order valence-electron chi connectivity index (χ0n) is 16.9. The van der Waals surface area contributed by atoms with Gasteiger partial charge in [0.05, 0.1) is 24.0 Å². The molecule has 0 spiro atoms. The van der Waals surface area contributed by atoms with Crippen molar-refractivity contribution in [2.45, 2.75) is 37.9 Å². The van der Waals surface area contributed by atoms with Crippen molar-refractivity contribution >= 4 is 11.5 Å². The van der Waals surface area contributed by atoms with E-state index in [1.807, 2.05) is 18.3 Å². The van der Waals surface area contributed by atoms with Crippen LogP contribution in [0.15, 0.2) is 42.7 Å². The number of aromatic nitrogens is 3. The Balaban J connectivity index is 1.38. The van der Waals surface area contributed by atoms with Crippen molar-refractivity contribution in [3.8, 4) is 5.75 Å². The first kappa shape index (κ1) is 18.4. The molecule has 0 aromatic carbocycles. The average Bonchev–Trinajstić information content (AvgIpc) is 3.16. The van der Waals surface area contributed by atoms with Crippen molar-refractivity contribution < 1.29 is 4.74 Å². The third-order valence-electron chi connectivity index (χ3n) is 6.09. The van der Waals surface area contributed by atoms with E-state index in [2.05, 4.69) is 50.6 Å². The lowest BCUT2D eigenvalue weighted by Crippen LogP contribution is -2.40. The Kier molecular flexibility index (Phi) is 4.85. The Morgan fingerprint density at radius 2 is 2.03 bits per heavy atom. The van der Waals surface area contributed by atoms with Gasteiger partial charge in [0.25, 0.3) is 0 Å². The summed E-state index contributed by atoms with van der Waals surface area (Å²) in [5.41, 5.74) is 9.17. The van der Waals surface area contributed by atoms with E-state index in [-0.39, 0.29) is 6.04 Å². The highest BCUT2D eigenvalue weighted by Crippen LogP contribution is 2.34. The second-order valence-electron chi connectivity index (χ2n) is 8.12. The van der Waals surface area contributed by atoms with Gasteiger partial charge in [-0.25, -0.2) is 4.98 Å². The summed E-state index contributed by atoms with van der Waals surface area (Å²) in [7, 11) is 2.14. The minimum atomic E-state index is 0.243. The highest BCUT2D eigenvalue weighted by molar-refractivity contribution is 5.52. The second-order valence-corrected chi connectivity index (χ2v) is 8.12. The number of hydrogen-bond donors (Lipinski definition) is 1. The van der Waals surface area contributed by atoms with Gasteiger partial charge in [-0.2, -0.15) is 0 Å². The first-order valence-electron chi connectivity index (χ1n) is 10.4. The fourth-order valence-electron chi connectivity index (χ4n) is 4.50. The second kappa shape index (κ2) is 7.65. The summed E-state index contributed by atoms with van der Waals surface area (Å²) in [6.45, 7) is 3.49. The molecule has 0 aliphatic carbocycles. The molecule has 0 amide bonds. The topological polar surface area (TPSA) is 71.9 Å². The molecule has 5 heterocycles. The van der Waals surface area contributed by atoms with E-state index in [1.54, 1.807) is 0 Å². The normalized spacial score (nSPS) is 20.1. The maximum atomic E-state index is 6.09. The summed E-state index contributed by atoms with van der Waals surface area (Å²) in [6.07, 6.45) is 7.03. The van der Waals surface area contributed by atoms with Gasteiger partial charge in [-0.3, -0.25) is 14.3 Å². The van der Waals surface area contributed by atoms with Gasteiger partial charge < -0.3 is 15.4 Å². The molecule has 3 aromatic rings. The van der Waals surface area contributed by atoms with E-state index < -0.39 is 0 Å². The maximum Gasteiger partial charge on any atom is 0.142 e. The molecule has 2 aliphatic heterocycles. The van der Waals surface area contributed by atoms with Crippen molar-refractivity contribution in [2.75, 3.05) is 31.6 Å². The molecule has 0 bridgehead atoms. The van der Waals surface area contributed by atoms with Crippen LogP contribution in [-0.2, 0) is 6.54 Å². The third kappa shape index (κ3) is 3.56. The average molecular weight is 393 g/mol. The predicted octanol–water partition coefficient (Wildman–Crippen LogP) is 2.61. The monoisotopic (exact) mass is 392 g/mol. The Morgan fingerprint density at radius 3 is 2.90 bits per heavy atom. The van der Waals surface area contributed by atoms with Gasteiger partial charge in [-0.05, 0) is 44.2 Å². The molecule has 152 valence electrons. The molecule has 3 aromatic heterocycles. The summed E-state index contributed by atoms with van der Waals surface area (Å²) in [5.74, 6) is 2.10. The molecular formula is C22H28N6O. The first-order valence-corrected chi connectivity index (χ1v) is 10.4. The van der Waals surface area contributed by atoms with E-state index in [4.69, 9.17) is 15.5 Å². The molecule has 2 aliphatic rings. The number of hydrogen-bond acceptors (Lipinski definition) is 6. The quantitative estimate of drug-likeness (QED) is 0.736. The van der Waals surface area contributed by atoms with Gasteiger partial charge in [0, 0.05) is 44.5 Å². The number of nitrogens with two attached hydrogens (primary N) is 1. The van der Waals surface area contributed by atoms with Crippen molar-refractivity contribution in [1.82, 2.24) is 19.3 Å². The van der Waals surface area contributed by atoms with Crippen molar-refractivity contribution in [2.24, 2.45) is 5.73 Å². The van der Waals surface area contributed by atoms with Crippen LogP contribution < -0.4 is 15.4 Å². The van der Waals surface area contributed by atoms with Crippen LogP contribution in [0.2, 0.25) is 0 Å². The Hall–Kier alpha value is -2.64. The number of rotatable bonds is 4. The van der Waals surface area contributed by atoms with Crippen molar-refractivity contribution in [3.63, 3.8) is 0 Å². The number of ether oxygens (including phenoxy) is 1. The zero-order chi connectivity index (χ0) is 19.8. The molecule has 7 nitrogen and oxygen atoms in total. The molecule has 2 N–H and O–H groups in total. The summed E-state index contributed by atoms with van der Waals surface area (Å²) < 4.78 is 7.99. The minimum absolute atomic E-state index is 0.243. The highest BCUT2D eigenvalue weighted by atomic mass is 16.5. The molecule has 29 heavy (non-hydrogen) atoms. The van der Waals surface area contributed by atoms with E-state index in [0.29, 0.717) is 6.04 Å². The van der Waals surface area contributed by atoms with Crippen LogP contribution in [0.25, 0.3) is 5.65 Å². The molecule has 0 saturated carbocycles. The Morgan fingerprint density at radius 1 is 1.17 bits per heavy atom. The fraction of sp³-hybridized carbons (Fsp3) is 0.455. The largest absolute Gasteiger partial charge is 0.492 e. The van der Waals surface area contributed by atoms with Crippen LogP contribution in [-0.4, -0.2) is 52.1 Å². The van der Waals surface area contributed by atoms with Gasteiger partial charge in [0.1, 0.15) is 17.2 Å². The number of piperidine rings is 1. The zero-order valence-corrected chi connectivity index (χ0v) is 16.9.